The summed E-state index contributed by atoms with van der Waals surface area (Å²) in [5.74, 6) is -1.52. The standard InChI is InChI=1S/C21H18N4O5S2/c1-13-5-7-14(8-6-13)11-17-20(28)24(21(31)32-17)10-9-18(26)22-23-19(27)15-3-2-4-16(12-15)25(29)30/h2-8,11-12H,9-10H2,1H3,(H,22,26)(H,23,27)/b17-11-. The van der Waals surface area contributed by atoms with Crippen LogP contribution in [0, 0.1) is 17.0 Å². The second-order valence-corrected chi connectivity index (χ2v) is 8.48. The average Bonchev–Trinajstić information content (AvgIpc) is 3.04. The molecule has 0 radical (unpaired) electrons. The maximum Gasteiger partial charge on any atom is 0.270 e. The lowest BCUT2D eigenvalue weighted by atomic mass is 10.1. The van der Waals surface area contributed by atoms with E-state index < -0.39 is 16.7 Å². The van der Waals surface area contributed by atoms with Gasteiger partial charge in [-0.25, -0.2) is 0 Å². The zero-order valence-corrected chi connectivity index (χ0v) is 18.5. The number of nitrogens with zero attached hydrogens (tertiary/aromatic N) is 2. The largest absolute Gasteiger partial charge is 0.292 e. The first-order valence-corrected chi connectivity index (χ1v) is 10.6. The Bertz CT molecular complexity index is 1130. The van der Waals surface area contributed by atoms with Crippen LogP contribution in [0.15, 0.2) is 53.4 Å². The molecule has 32 heavy (non-hydrogen) atoms. The number of carbonyl (C=O) groups is 3. The lowest BCUT2D eigenvalue weighted by Crippen LogP contribution is -2.43. The molecule has 2 aromatic rings. The Morgan fingerprint density at radius 1 is 1.19 bits per heavy atom. The summed E-state index contributed by atoms with van der Waals surface area (Å²) in [6.07, 6.45) is 1.65. The van der Waals surface area contributed by atoms with Crippen LogP contribution in [-0.2, 0) is 9.59 Å². The molecule has 1 aliphatic heterocycles. The number of nitro benzene ring substituents is 1. The number of hydrogen-bond donors (Lipinski definition) is 2. The molecule has 1 fully saturated rings. The van der Waals surface area contributed by atoms with Crippen LogP contribution in [-0.4, -0.2) is 38.4 Å². The van der Waals surface area contributed by atoms with Crippen molar-refractivity contribution in [1.29, 1.82) is 0 Å². The number of non-ortho nitro benzene ring substituents is 1. The highest BCUT2D eigenvalue weighted by atomic mass is 32.2. The number of nitro groups is 1. The fourth-order valence-electron chi connectivity index (χ4n) is 2.74. The number of aryl methyl sites for hydroxylation is 1. The number of hydrazine groups is 1. The zero-order chi connectivity index (χ0) is 23.3. The van der Waals surface area contributed by atoms with Gasteiger partial charge in [-0.05, 0) is 24.6 Å². The van der Waals surface area contributed by atoms with Crippen LogP contribution in [0.4, 0.5) is 5.69 Å². The Hall–Kier alpha value is -3.57. The van der Waals surface area contributed by atoms with Gasteiger partial charge in [-0.15, -0.1) is 0 Å². The fourth-order valence-corrected chi connectivity index (χ4v) is 4.05. The highest BCUT2D eigenvalue weighted by Gasteiger charge is 2.32. The van der Waals surface area contributed by atoms with Crippen LogP contribution in [0.3, 0.4) is 0 Å². The van der Waals surface area contributed by atoms with Crippen molar-refractivity contribution >= 4 is 57.8 Å². The van der Waals surface area contributed by atoms with Crippen LogP contribution in [0.1, 0.15) is 27.9 Å². The van der Waals surface area contributed by atoms with Gasteiger partial charge in [-0.1, -0.05) is 59.9 Å². The molecule has 3 rings (SSSR count). The summed E-state index contributed by atoms with van der Waals surface area (Å²) in [5, 5.41) is 10.8. The van der Waals surface area contributed by atoms with E-state index >= 15 is 0 Å². The summed E-state index contributed by atoms with van der Waals surface area (Å²) < 4.78 is 0.349. The van der Waals surface area contributed by atoms with Crippen molar-refractivity contribution in [3.63, 3.8) is 0 Å². The molecule has 1 aliphatic rings. The molecule has 0 saturated carbocycles. The lowest BCUT2D eigenvalue weighted by Gasteiger charge is -2.14. The van der Waals surface area contributed by atoms with Crippen LogP contribution in [0.5, 0.6) is 0 Å². The van der Waals surface area contributed by atoms with Gasteiger partial charge < -0.3 is 0 Å². The van der Waals surface area contributed by atoms with Gasteiger partial charge in [0, 0.05) is 30.7 Å². The maximum atomic E-state index is 12.6. The Kier molecular flexibility index (Phi) is 7.33. The van der Waals surface area contributed by atoms with E-state index in [1.165, 1.54) is 23.1 Å². The minimum atomic E-state index is -0.700. The van der Waals surface area contributed by atoms with Crippen LogP contribution < -0.4 is 10.9 Å². The molecule has 9 nitrogen and oxygen atoms in total. The molecule has 1 saturated heterocycles. The number of benzene rings is 2. The highest BCUT2D eigenvalue weighted by Crippen LogP contribution is 2.32. The van der Waals surface area contributed by atoms with E-state index in [9.17, 15) is 24.5 Å². The Labute approximate surface area is 193 Å². The molecule has 2 aromatic carbocycles. The van der Waals surface area contributed by atoms with Crippen LogP contribution in [0.2, 0.25) is 0 Å². The molecule has 0 unspecified atom stereocenters. The van der Waals surface area contributed by atoms with Gasteiger partial charge in [-0.2, -0.15) is 0 Å². The second-order valence-electron chi connectivity index (χ2n) is 6.80. The maximum absolute atomic E-state index is 12.6. The van der Waals surface area contributed by atoms with E-state index in [1.54, 1.807) is 6.08 Å². The smallest absolute Gasteiger partial charge is 0.270 e. The van der Waals surface area contributed by atoms with Crippen molar-refractivity contribution in [2.45, 2.75) is 13.3 Å². The Morgan fingerprint density at radius 2 is 1.91 bits per heavy atom. The van der Waals surface area contributed by atoms with Crippen molar-refractivity contribution < 1.29 is 19.3 Å². The summed E-state index contributed by atoms with van der Waals surface area (Å²) in [6, 6.07) is 12.8. The van der Waals surface area contributed by atoms with Gasteiger partial charge >= 0.3 is 0 Å². The first-order chi connectivity index (χ1) is 15.2. The molecule has 0 atom stereocenters. The molecule has 164 valence electrons. The Balaban J connectivity index is 1.52. The molecule has 0 aromatic heterocycles. The van der Waals surface area contributed by atoms with Gasteiger partial charge in [-0.3, -0.25) is 40.2 Å². The van der Waals surface area contributed by atoms with Gasteiger partial charge in [0.2, 0.25) is 5.91 Å². The summed E-state index contributed by atoms with van der Waals surface area (Å²) in [4.78, 5) is 48.8. The quantitative estimate of drug-likeness (QED) is 0.288. The van der Waals surface area contributed by atoms with Crippen molar-refractivity contribution in [2.24, 2.45) is 0 Å². The number of amides is 3. The molecule has 1 heterocycles. The average molecular weight is 471 g/mol. The molecule has 0 bridgehead atoms. The molecule has 0 aliphatic carbocycles. The van der Waals surface area contributed by atoms with Crippen molar-refractivity contribution in [3.05, 3.63) is 80.2 Å². The molecule has 11 heteroatoms. The van der Waals surface area contributed by atoms with E-state index in [-0.39, 0.29) is 30.1 Å². The molecular formula is C21H18N4O5S2. The third kappa shape index (κ3) is 5.77. The molecular weight excluding hydrogens is 452 g/mol. The minimum Gasteiger partial charge on any atom is -0.292 e. The van der Waals surface area contributed by atoms with Crippen LogP contribution in [0.25, 0.3) is 6.08 Å². The predicted octanol–water partition coefficient (Wildman–Crippen LogP) is 2.96. The topological polar surface area (TPSA) is 122 Å². The summed E-state index contributed by atoms with van der Waals surface area (Å²) in [7, 11) is 0. The Morgan fingerprint density at radius 3 is 2.59 bits per heavy atom. The lowest BCUT2D eigenvalue weighted by molar-refractivity contribution is -0.384. The second kappa shape index (κ2) is 10.2. The molecule has 2 N–H and O–H groups in total. The van der Waals surface area contributed by atoms with Crippen LogP contribution >= 0.6 is 24.0 Å². The number of carbonyl (C=O) groups excluding carboxylic acids is 3. The summed E-state index contributed by atoms with van der Waals surface area (Å²) in [5.41, 5.74) is 6.19. The molecule has 3 amide bonds. The monoisotopic (exact) mass is 470 g/mol. The van der Waals surface area contributed by atoms with Crippen molar-refractivity contribution in [2.75, 3.05) is 6.54 Å². The van der Waals surface area contributed by atoms with Gasteiger partial charge in [0.25, 0.3) is 17.5 Å². The van der Waals surface area contributed by atoms with E-state index in [4.69, 9.17) is 12.2 Å². The van der Waals surface area contributed by atoms with Gasteiger partial charge in [0.15, 0.2) is 0 Å². The van der Waals surface area contributed by atoms with Crippen molar-refractivity contribution in [3.8, 4) is 0 Å². The SMILES string of the molecule is Cc1ccc(/C=C2\SC(=S)N(CCC(=O)NNC(=O)c3cccc([N+](=O)[O-])c3)C2=O)cc1. The molecule has 0 spiro atoms. The van der Waals surface area contributed by atoms with E-state index in [0.717, 1.165) is 29.0 Å². The third-order valence-electron chi connectivity index (χ3n) is 4.45. The number of hydrogen-bond acceptors (Lipinski definition) is 7. The fraction of sp³-hybridized carbons (Fsp3) is 0.143. The summed E-state index contributed by atoms with van der Waals surface area (Å²) >= 11 is 6.42. The van der Waals surface area contributed by atoms with E-state index in [1.807, 2.05) is 31.2 Å². The number of rotatable bonds is 6. The summed E-state index contributed by atoms with van der Waals surface area (Å²) in [6.45, 7) is 2.02. The number of thioether (sulfide) groups is 1. The van der Waals surface area contributed by atoms with E-state index in [0.29, 0.717) is 9.23 Å². The highest BCUT2D eigenvalue weighted by molar-refractivity contribution is 8.26. The van der Waals surface area contributed by atoms with Crippen molar-refractivity contribution in [1.82, 2.24) is 15.8 Å². The third-order valence-corrected chi connectivity index (χ3v) is 5.82. The number of nitrogens with one attached hydrogen (secondary N) is 2. The zero-order valence-electron chi connectivity index (χ0n) is 16.9. The number of thiocarbonyl (C=S) groups is 1. The van der Waals surface area contributed by atoms with Gasteiger partial charge in [0.05, 0.1) is 9.83 Å². The first kappa shape index (κ1) is 23.1. The van der Waals surface area contributed by atoms with E-state index in [2.05, 4.69) is 10.9 Å². The predicted molar refractivity (Wildman–Crippen MR) is 124 cm³/mol. The van der Waals surface area contributed by atoms with Gasteiger partial charge in [0.1, 0.15) is 4.32 Å². The normalized spacial score (nSPS) is 14.5. The minimum absolute atomic E-state index is 0.0256. The first-order valence-electron chi connectivity index (χ1n) is 9.40.